The van der Waals surface area contributed by atoms with Crippen molar-refractivity contribution in [2.75, 3.05) is 6.61 Å². The van der Waals surface area contributed by atoms with Gasteiger partial charge in [-0.2, -0.15) is 10.5 Å². The number of fused-ring (bicyclic) bond motifs is 3. The van der Waals surface area contributed by atoms with Gasteiger partial charge in [-0.25, -0.2) is 0 Å². The van der Waals surface area contributed by atoms with Crippen molar-refractivity contribution in [1.29, 1.82) is 10.5 Å². The SMILES string of the molecule is N#CC1(C#N)[C@@H](C(=O)c2ccc(Cl)cc2)[C@@]12CC[C@H]1CO[C@H]2O1. The summed E-state index contributed by atoms with van der Waals surface area (Å²) in [6, 6.07) is 10.7. The van der Waals surface area contributed by atoms with Crippen LogP contribution in [0.2, 0.25) is 5.02 Å². The van der Waals surface area contributed by atoms with E-state index in [-0.39, 0.29) is 11.9 Å². The van der Waals surface area contributed by atoms with Crippen LogP contribution in [-0.4, -0.2) is 24.8 Å². The van der Waals surface area contributed by atoms with Crippen LogP contribution in [0.3, 0.4) is 0 Å². The maximum atomic E-state index is 12.9. The minimum Gasteiger partial charge on any atom is -0.349 e. The molecule has 0 amide bonds. The van der Waals surface area contributed by atoms with Crippen molar-refractivity contribution in [2.24, 2.45) is 16.7 Å². The Morgan fingerprint density at radius 3 is 2.61 bits per heavy atom. The Labute approximate surface area is 138 Å². The van der Waals surface area contributed by atoms with Gasteiger partial charge in [-0.3, -0.25) is 4.79 Å². The molecule has 23 heavy (non-hydrogen) atoms. The van der Waals surface area contributed by atoms with Gasteiger partial charge in [-0.05, 0) is 37.1 Å². The van der Waals surface area contributed by atoms with Crippen LogP contribution in [-0.2, 0) is 9.47 Å². The number of ketones is 1. The molecule has 1 spiro atoms. The first kappa shape index (κ1) is 14.7. The summed E-state index contributed by atoms with van der Waals surface area (Å²) in [6.07, 6.45) is 0.647. The minimum atomic E-state index is -1.39. The number of Topliss-reactive ketones (excluding diaryl/α,β-unsaturated/α-hetero) is 1. The molecule has 6 heteroatoms. The summed E-state index contributed by atoms with van der Waals surface area (Å²) in [5.74, 6) is -0.947. The summed E-state index contributed by atoms with van der Waals surface area (Å²) in [5, 5.41) is 19.8. The lowest BCUT2D eigenvalue weighted by molar-refractivity contribution is -0.140. The van der Waals surface area contributed by atoms with E-state index in [4.69, 9.17) is 21.1 Å². The zero-order valence-corrected chi connectivity index (χ0v) is 12.9. The average Bonchev–Trinajstić information content (AvgIpc) is 2.94. The molecule has 3 aliphatic rings. The van der Waals surface area contributed by atoms with E-state index in [2.05, 4.69) is 12.1 Å². The van der Waals surface area contributed by atoms with Crippen LogP contribution in [0.4, 0.5) is 0 Å². The first-order valence-electron chi connectivity index (χ1n) is 7.48. The number of carbonyl (C=O) groups excluding carboxylic acids is 1. The smallest absolute Gasteiger partial charge is 0.169 e. The van der Waals surface area contributed by atoms with Crippen molar-refractivity contribution in [1.82, 2.24) is 0 Å². The van der Waals surface area contributed by atoms with Crippen LogP contribution >= 0.6 is 11.6 Å². The van der Waals surface area contributed by atoms with Crippen LogP contribution in [0.1, 0.15) is 23.2 Å². The van der Waals surface area contributed by atoms with Crippen LogP contribution in [0, 0.1) is 39.4 Å². The third-order valence-electron chi connectivity index (χ3n) is 5.39. The second-order valence-corrected chi connectivity index (χ2v) is 6.77. The highest BCUT2D eigenvalue weighted by molar-refractivity contribution is 6.30. The van der Waals surface area contributed by atoms with Gasteiger partial charge in [0.05, 0.1) is 36.2 Å². The maximum absolute atomic E-state index is 12.9. The van der Waals surface area contributed by atoms with E-state index in [0.29, 0.717) is 30.0 Å². The first-order chi connectivity index (χ1) is 11.1. The number of hydrogen-bond donors (Lipinski definition) is 0. The van der Waals surface area contributed by atoms with Gasteiger partial charge in [0.25, 0.3) is 0 Å². The van der Waals surface area contributed by atoms with Crippen molar-refractivity contribution in [2.45, 2.75) is 25.2 Å². The number of halogens is 1. The summed E-state index contributed by atoms with van der Waals surface area (Å²) in [4.78, 5) is 12.9. The van der Waals surface area contributed by atoms with E-state index in [9.17, 15) is 15.3 Å². The summed E-state index contributed by atoms with van der Waals surface area (Å²) >= 11 is 5.86. The number of benzene rings is 1. The molecule has 0 radical (unpaired) electrons. The third-order valence-corrected chi connectivity index (χ3v) is 5.64. The van der Waals surface area contributed by atoms with E-state index in [1.54, 1.807) is 24.3 Å². The van der Waals surface area contributed by atoms with Crippen molar-refractivity contribution in [3.8, 4) is 12.1 Å². The molecule has 0 aromatic heterocycles. The highest BCUT2D eigenvalue weighted by Crippen LogP contribution is 2.76. The molecule has 0 unspecified atom stereocenters. The number of nitrogens with zero attached hydrogens (tertiary/aromatic N) is 2. The number of ether oxygens (including phenoxy) is 2. The Bertz CT molecular complexity index is 750. The Kier molecular flexibility index (Phi) is 3.05. The molecule has 2 bridgehead atoms. The zero-order chi connectivity index (χ0) is 16.2. The highest BCUT2D eigenvalue weighted by Gasteiger charge is 2.86. The van der Waals surface area contributed by atoms with Gasteiger partial charge in [0.15, 0.2) is 17.5 Å². The monoisotopic (exact) mass is 328 g/mol. The number of rotatable bonds is 2. The normalized spacial score (nSPS) is 36.2. The Balaban J connectivity index is 1.75. The fraction of sp³-hybridized carbons (Fsp3) is 0.471. The largest absolute Gasteiger partial charge is 0.349 e. The lowest BCUT2D eigenvalue weighted by Crippen LogP contribution is -2.35. The van der Waals surface area contributed by atoms with Crippen LogP contribution < -0.4 is 0 Å². The number of nitriles is 2. The molecule has 0 N–H and O–H groups in total. The van der Waals surface area contributed by atoms with Gasteiger partial charge in [-0.1, -0.05) is 11.6 Å². The molecule has 116 valence electrons. The molecule has 5 nitrogen and oxygen atoms in total. The Morgan fingerprint density at radius 1 is 1.26 bits per heavy atom. The Hall–Kier alpha value is -1.92. The molecule has 4 rings (SSSR count). The van der Waals surface area contributed by atoms with Crippen molar-refractivity contribution in [3.05, 3.63) is 34.9 Å². The second kappa shape index (κ2) is 4.79. The molecule has 1 aromatic carbocycles. The summed E-state index contributed by atoms with van der Waals surface area (Å²) in [6.45, 7) is 0.460. The van der Waals surface area contributed by atoms with E-state index in [1.807, 2.05) is 0 Å². The molecule has 3 fully saturated rings. The second-order valence-electron chi connectivity index (χ2n) is 6.34. The maximum Gasteiger partial charge on any atom is 0.169 e. The number of hydrogen-bond acceptors (Lipinski definition) is 5. The lowest BCUT2D eigenvalue weighted by Gasteiger charge is -2.29. The van der Waals surface area contributed by atoms with E-state index < -0.39 is 23.0 Å². The molecule has 4 atom stereocenters. The average molecular weight is 329 g/mol. The van der Waals surface area contributed by atoms with E-state index in [1.165, 1.54) is 0 Å². The third kappa shape index (κ3) is 1.70. The van der Waals surface area contributed by atoms with Gasteiger partial charge in [0.1, 0.15) is 0 Å². The molecule has 1 aliphatic carbocycles. The van der Waals surface area contributed by atoms with Crippen molar-refractivity contribution < 1.29 is 14.3 Å². The van der Waals surface area contributed by atoms with Gasteiger partial charge in [-0.15, -0.1) is 0 Å². The van der Waals surface area contributed by atoms with E-state index in [0.717, 1.165) is 0 Å². The van der Waals surface area contributed by atoms with Gasteiger partial charge < -0.3 is 9.47 Å². The van der Waals surface area contributed by atoms with Crippen LogP contribution in [0.5, 0.6) is 0 Å². The fourth-order valence-electron chi connectivity index (χ4n) is 4.18. The van der Waals surface area contributed by atoms with Crippen LogP contribution in [0.25, 0.3) is 0 Å². The number of carbonyl (C=O) groups is 1. The quantitative estimate of drug-likeness (QED) is 0.779. The molecule has 1 aromatic rings. The summed E-state index contributed by atoms with van der Waals surface area (Å²) in [5.41, 5.74) is -1.80. The summed E-state index contributed by atoms with van der Waals surface area (Å²) in [7, 11) is 0. The van der Waals surface area contributed by atoms with Gasteiger partial charge in [0, 0.05) is 10.6 Å². The molecular formula is C17H13ClN2O3. The van der Waals surface area contributed by atoms with Crippen molar-refractivity contribution in [3.63, 3.8) is 0 Å². The highest BCUT2D eigenvalue weighted by atomic mass is 35.5. The molecule has 1 saturated carbocycles. The minimum absolute atomic E-state index is 0.00703. The van der Waals surface area contributed by atoms with E-state index >= 15 is 0 Å². The molecule has 2 saturated heterocycles. The Morgan fingerprint density at radius 2 is 1.96 bits per heavy atom. The molecule has 2 heterocycles. The van der Waals surface area contributed by atoms with Crippen LogP contribution in [0.15, 0.2) is 24.3 Å². The predicted octanol–water partition coefficient (Wildman–Crippen LogP) is 2.71. The van der Waals surface area contributed by atoms with Gasteiger partial charge >= 0.3 is 0 Å². The van der Waals surface area contributed by atoms with Crippen molar-refractivity contribution >= 4 is 17.4 Å². The zero-order valence-electron chi connectivity index (χ0n) is 12.2. The predicted molar refractivity (Wildman–Crippen MR) is 79.2 cm³/mol. The first-order valence-corrected chi connectivity index (χ1v) is 7.86. The molecular weight excluding hydrogens is 316 g/mol. The topological polar surface area (TPSA) is 83.1 Å². The molecule has 2 aliphatic heterocycles. The summed E-state index contributed by atoms with van der Waals surface area (Å²) < 4.78 is 11.4. The van der Waals surface area contributed by atoms with Gasteiger partial charge in [0.2, 0.25) is 0 Å². The standard InChI is InChI=1S/C17H13ClN2O3/c18-11-3-1-10(2-4-11)13(21)14-16(8-19,9-20)17(14)6-5-12-7-22-15(17)23-12/h1-4,12,14-15H,5-7H2/t12-,14+,15-,17+/m0/s1. The fourth-order valence-corrected chi connectivity index (χ4v) is 4.31. The lowest BCUT2D eigenvalue weighted by atomic mass is 9.86.